The molecule has 258 valence electrons. The lowest BCUT2D eigenvalue weighted by atomic mass is 10.0. The molecule has 47 heavy (non-hydrogen) atoms. The highest BCUT2D eigenvalue weighted by molar-refractivity contribution is 7.66. The van der Waals surface area contributed by atoms with Crippen molar-refractivity contribution in [2.24, 2.45) is 10.2 Å². The van der Waals surface area contributed by atoms with Crippen molar-refractivity contribution >= 4 is 35.5 Å². The van der Waals surface area contributed by atoms with Crippen LogP contribution in [0.2, 0.25) is 0 Å². The minimum atomic E-state index is -5.79. The molecule has 3 heterocycles. The van der Waals surface area contributed by atoms with Crippen molar-refractivity contribution < 1.29 is 74.2 Å². The minimum Gasteiger partial charge on any atom is -0.390 e. The van der Waals surface area contributed by atoms with E-state index in [1.165, 1.54) is 12.2 Å². The number of hydrogen-bond acceptors (Lipinski definition) is 13. The van der Waals surface area contributed by atoms with Gasteiger partial charge in [-0.2, -0.15) is 21.8 Å². The number of aliphatic hydroxyl groups excluding tert-OH is 1. The van der Waals surface area contributed by atoms with Gasteiger partial charge in [-0.25, -0.2) is 18.5 Å². The Morgan fingerprint density at radius 1 is 1.11 bits per heavy atom. The number of benzene rings is 1. The summed E-state index contributed by atoms with van der Waals surface area (Å²) in [6.07, 6.45) is -5.73. The van der Waals surface area contributed by atoms with E-state index < -0.39 is 77.5 Å². The van der Waals surface area contributed by atoms with Crippen LogP contribution in [0, 0.1) is 0 Å². The number of nitrogens with zero attached hydrogens (tertiary/aromatic N) is 3. The maximum Gasteiger partial charge on any atom is 0.490 e. The van der Waals surface area contributed by atoms with Gasteiger partial charge in [0.2, 0.25) is 0 Å². The zero-order chi connectivity index (χ0) is 35.0. The summed E-state index contributed by atoms with van der Waals surface area (Å²) >= 11 is 0. The normalized spacial score (nSPS) is 23.4. The molecule has 26 heteroatoms. The van der Waals surface area contributed by atoms with Crippen LogP contribution in [0.15, 0.2) is 56.4 Å². The Morgan fingerprint density at radius 3 is 2.32 bits per heavy atom. The van der Waals surface area contributed by atoms with E-state index >= 15 is 0 Å². The van der Waals surface area contributed by atoms with Crippen LogP contribution in [0.5, 0.6) is 0 Å². The third kappa shape index (κ3) is 9.26. The molecule has 7 N–H and O–H groups in total. The molecule has 1 fully saturated rings. The molecule has 0 spiro atoms. The number of rotatable bonds is 13. The second kappa shape index (κ2) is 13.4. The first kappa shape index (κ1) is 36.7. The lowest BCUT2D eigenvalue weighted by molar-refractivity contribution is -0.166. The second-order valence-corrected chi connectivity index (χ2v) is 14.0. The van der Waals surface area contributed by atoms with Crippen LogP contribution in [0.3, 0.4) is 0 Å². The molecule has 1 saturated heterocycles. The Kier molecular flexibility index (Phi) is 10.4. The highest BCUT2D eigenvalue weighted by atomic mass is 31.3. The molecule has 0 saturated carbocycles. The zero-order valence-corrected chi connectivity index (χ0v) is 25.7. The number of aromatic amines is 1. The van der Waals surface area contributed by atoms with Gasteiger partial charge in [0.25, 0.3) is 11.5 Å². The Balaban J connectivity index is 1.34. The van der Waals surface area contributed by atoms with Gasteiger partial charge >= 0.3 is 41.0 Å². The van der Waals surface area contributed by atoms with E-state index in [0.717, 1.165) is 35.0 Å². The number of halogens is 3. The molecule has 2 aliphatic rings. The molecule has 1 aromatic carbocycles. The monoisotopic (exact) mass is 735 g/mol. The van der Waals surface area contributed by atoms with E-state index in [9.17, 15) is 56.1 Å². The average molecular weight is 735 g/mol. The van der Waals surface area contributed by atoms with E-state index in [1.807, 2.05) is 4.98 Å². The summed E-state index contributed by atoms with van der Waals surface area (Å²) in [6, 6.07) is 4.43. The van der Waals surface area contributed by atoms with Crippen molar-refractivity contribution in [3.63, 3.8) is 0 Å². The van der Waals surface area contributed by atoms with Crippen LogP contribution in [-0.4, -0.2) is 71.7 Å². The molecule has 20 nitrogen and oxygen atoms in total. The Morgan fingerprint density at radius 2 is 1.74 bits per heavy atom. The molecule has 5 atom stereocenters. The van der Waals surface area contributed by atoms with E-state index in [2.05, 4.69) is 28.7 Å². The number of phosphoric ester groups is 1. The first-order valence-corrected chi connectivity index (χ1v) is 17.2. The number of hydrogen-bond donors (Lipinski definition) is 7. The minimum absolute atomic E-state index is 0.0194. The number of aromatic nitrogens is 2. The van der Waals surface area contributed by atoms with Crippen LogP contribution < -0.4 is 16.6 Å². The van der Waals surface area contributed by atoms with E-state index in [4.69, 9.17) is 14.5 Å². The van der Waals surface area contributed by atoms with Crippen molar-refractivity contribution in [1.29, 1.82) is 0 Å². The number of alkyl halides is 3. The molecule has 2 aromatic rings. The maximum absolute atomic E-state index is 13.1. The van der Waals surface area contributed by atoms with Gasteiger partial charge in [-0.15, -0.1) is 10.2 Å². The summed E-state index contributed by atoms with van der Waals surface area (Å²) in [5.74, 6) is -0.665. The average Bonchev–Trinajstić information content (AvgIpc) is 3.67. The van der Waals surface area contributed by atoms with Crippen molar-refractivity contribution in [2.45, 2.75) is 36.7 Å². The molecule has 2 unspecified atom stereocenters. The fraction of sp³-hybridized carbons (Fsp3) is 0.381. The fourth-order valence-corrected chi connectivity index (χ4v) is 7.11. The maximum atomic E-state index is 13.1. The summed E-state index contributed by atoms with van der Waals surface area (Å²) in [7, 11) is -16.9. The first-order valence-electron chi connectivity index (χ1n) is 12.6. The van der Waals surface area contributed by atoms with E-state index in [-0.39, 0.29) is 29.7 Å². The van der Waals surface area contributed by atoms with Crippen molar-refractivity contribution in [3.8, 4) is 0 Å². The number of carbonyl (C=O) groups excluding carboxylic acids is 1. The van der Waals surface area contributed by atoms with Crippen molar-refractivity contribution in [1.82, 2.24) is 14.9 Å². The predicted molar refractivity (Wildman–Crippen MR) is 146 cm³/mol. The van der Waals surface area contributed by atoms with Gasteiger partial charge in [0, 0.05) is 30.3 Å². The number of ether oxygens (including phenoxy) is 1. The van der Waals surface area contributed by atoms with Crippen LogP contribution in [0.4, 0.5) is 13.2 Å². The van der Waals surface area contributed by atoms with Gasteiger partial charge in [0.1, 0.15) is 12.3 Å². The number of carbonyl (C=O) groups is 1. The van der Waals surface area contributed by atoms with Gasteiger partial charge in [0.05, 0.1) is 18.3 Å². The molecule has 1 amide bonds. The predicted octanol–water partition coefficient (Wildman–Crippen LogP) is 1.15. The number of amides is 1. The van der Waals surface area contributed by atoms with Crippen molar-refractivity contribution in [2.75, 3.05) is 13.2 Å². The Bertz CT molecular complexity index is 1840. The van der Waals surface area contributed by atoms with E-state index in [0.29, 0.717) is 0 Å². The fourth-order valence-electron chi connectivity index (χ4n) is 4.08. The van der Waals surface area contributed by atoms with Crippen LogP contribution in [0.25, 0.3) is 6.08 Å². The summed E-state index contributed by atoms with van der Waals surface area (Å²) in [5, 5.41) is 18.9. The van der Waals surface area contributed by atoms with Gasteiger partial charge in [-0.1, -0.05) is 24.3 Å². The molecule has 0 bridgehead atoms. The van der Waals surface area contributed by atoms with Gasteiger partial charge < -0.3 is 34.7 Å². The quantitative estimate of drug-likeness (QED) is 0.142. The number of H-pyrrole nitrogens is 1. The Labute approximate surface area is 259 Å². The smallest absolute Gasteiger partial charge is 0.390 e. The molecule has 1 aromatic heterocycles. The van der Waals surface area contributed by atoms with E-state index in [1.54, 1.807) is 0 Å². The van der Waals surface area contributed by atoms with Crippen LogP contribution in [0.1, 0.15) is 34.1 Å². The second-order valence-electron chi connectivity index (χ2n) is 9.63. The largest absolute Gasteiger partial charge is 0.490 e. The summed E-state index contributed by atoms with van der Waals surface area (Å²) in [4.78, 5) is 75.1. The first-order chi connectivity index (χ1) is 21.6. The molecule has 4 rings (SSSR count). The summed E-state index contributed by atoms with van der Waals surface area (Å²) in [5.41, 5.74) is -4.86. The van der Waals surface area contributed by atoms with Gasteiger partial charge in [0.15, 0.2) is 0 Å². The number of nitrogens with one attached hydrogen (secondary N) is 2. The molecule has 0 radical (unpaired) electrons. The zero-order valence-electron chi connectivity index (χ0n) is 23.0. The third-order valence-corrected chi connectivity index (χ3v) is 10.1. The van der Waals surface area contributed by atoms with Gasteiger partial charge in [-0.05, 0) is 12.1 Å². The standard InChI is InChI=1S/C21H23F3N5O15P3/c22-21(23,24)20(27-28-20)13-5-3-11(4-6-13)17(31)25-7-1-2-12-9-29(19(33)26-18(12)32)16-8-14(30)15(42-16)10-41-46(37,38)44-47(39,40)43-45(34,35)36/h1-6,9,14-16,30H,7-8,10H2,(H,25,31)(H,37,38)(H,39,40)(H,26,32,33)(H2,34,35,36)/b2-1+/t14-,15+,16+/m0/s1. The molecule has 0 aliphatic carbocycles. The van der Waals surface area contributed by atoms with Crippen LogP contribution in [-0.2, 0) is 37.2 Å². The highest BCUT2D eigenvalue weighted by Crippen LogP contribution is 2.66. The topological polar surface area (TPSA) is 298 Å². The number of phosphoric acid groups is 3. The SMILES string of the molecule is O=C(NC/C=C/c1cn([C@H]2C[C@H](O)[C@@H](COP(=O)(O)OP(=O)(O)OP(=O)(O)O)O2)c(=O)[nH]c1=O)c1ccc(C2(C(F)(F)F)N=N2)cc1. The Hall–Kier alpha value is -3.17. The lowest BCUT2D eigenvalue weighted by Gasteiger charge is -2.19. The number of aliphatic hydroxyl groups is 1. The third-order valence-electron chi connectivity index (χ3n) is 6.25. The van der Waals surface area contributed by atoms with Crippen molar-refractivity contribution in [3.05, 3.63) is 74.1 Å². The summed E-state index contributed by atoms with van der Waals surface area (Å²) < 4.78 is 91.4. The molecular formula is C21H23F3N5O15P3. The summed E-state index contributed by atoms with van der Waals surface area (Å²) in [6.45, 7) is -1.17. The van der Waals surface area contributed by atoms with Crippen LogP contribution >= 0.6 is 23.5 Å². The van der Waals surface area contributed by atoms with Gasteiger partial charge in [-0.3, -0.25) is 23.7 Å². The highest BCUT2D eigenvalue weighted by Gasteiger charge is 2.65. The molecule has 2 aliphatic heterocycles. The lowest BCUT2D eigenvalue weighted by Crippen LogP contribution is -2.33. The molecular weight excluding hydrogens is 712 g/mol.